The van der Waals surface area contributed by atoms with E-state index in [9.17, 15) is 9.18 Å². The molecule has 3 N–H and O–H groups in total. The van der Waals surface area contributed by atoms with Crippen molar-refractivity contribution in [2.24, 2.45) is 0 Å². The van der Waals surface area contributed by atoms with Gasteiger partial charge in [0.25, 0.3) is 5.91 Å². The topological polar surface area (TPSA) is 88.2 Å². The van der Waals surface area contributed by atoms with E-state index in [0.717, 1.165) is 18.1 Å². The lowest BCUT2D eigenvalue weighted by atomic mass is 10.2. The molecule has 4 rings (SSSR count). The largest absolute Gasteiger partial charge is 0.457 e. The normalized spacial score (nSPS) is 10.4. The fourth-order valence-electron chi connectivity index (χ4n) is 3.23. The van der Waals surface area contributed by atoms with Gasteiger partial charge in [0.1, 0.15) is 34.8 Å². The van der Waals surface area contributed by atoms with Crippen LogP contribution in [-0.4, -0.2) is 22.4 Å². The Hall–Kier alpha value is -4.46. The molecule has 4 aromatic rings. The average molecular weight is 458 g/mol. The molecule has 0 aliphatic heterocycles. The highest BCUT2D eigenvalue weighted by Gasteiger charge is 2.09. The maximum Gasteiger partial charge on any atom is 0.255 e. The monoisotopic (exact) mass is 457 g/mol. The summed E-state index contributed by atoms with van der Waals surface area (Å²) in [6, 6.07) is 21.6. The van der Waals surface area contributed by atoms with E-state index in [1.54, 1.807) is 36.4 Å². The fraction of sp³-hybridized carbons (Fsp3) is 0.115. The Kier molecular flexibility index (Phi) is 6.98. The standard InChI is InChI=1S/C26H24FN5O2/c1-3-28-24-16-25(30-17(2)29-24)31-20-9-11-21(12-10-20)32-26(33)18-5-4-6-23(15-18)34-22-13-7-19(27)8-14-22/h4-16H,3H2,1-2H3,(H,32,33)(H2,28,29,30,31). The number of halogens is 1. The third-order valence-electron chi connectivity index (χ3n) is 4.76. The summed E-state index contributed by atoms with van der Waals surface area (Å²) in [7, 11) is 0. The van der Waals surface area contributed by atoms with Crippen molar-refractivity contribution in [3.63, 3.8) is 0 Å². The molecule has 0 fully saturated rings. The molecule has 0 atom stereocenters. The minimum Gasteiger partial charge on any atom is -0.457 e. The van der Waals surface area contributed by atoms with Crippen molar-refractivity contribution in [3.05, 3.63) is 96.1 Å². The van der Waals surface area contributed by atoms with Gasteiger partial charge in [-0.2, -0.15) is 0 Å². The lowest BCUT2D eigenvalue weighted by Crippen LogP contribution is -2.11. The maximum atomic E-state index is 13.1. The molecule has 1 aromatic heterocycles. The third kappa shape index (κ3) is 6.07. The lowest BCUT2D eigenvalue weighted by Gasteiger charge is -2.11. The fourth-order valence-corrected chi connectivity index (χ4v) is 3.23. The number of hydrogen-bond donors (Lipinski definition) is 3. The number of anilines is 4. The van der Waals surface area contributed by atoms with Crippen LogP contribution in [0.5, 0.6) is 11.5 Å². The van der Waals surface area contributed by atoms with Crippen LogP contribution in [0.2, 0.25) is 0 Å². The third-order valence-corrected chi connectivity index (χ3v) is 4.76. The van der Waals surface area contributed by atoms with Gasteiger partial charge in [-0.1, -0.05) is 6.07 Å². The van der Waals surface area contributed by atoms with Crippen LogP contribution < -0.4 is 20.7 Å². The van der Waals surface area contributed by atoms with Gasteiger partial charge in [0.2, 0.25) is 0 Å². The molecule has 0 bridgehead atoms. The van der Waals surface area contributed by atoms with Gasteiger partial charge in [0.05, 0.1) is 0 Å². The zero-order chi connectivity index (χ0) is 23.9. The van der Waals surface area contributed by atoms with E-state index in [1.807, 2.05) is 32.0 Å². The van der Waals surface area contributed by atoms with Crippen LogP contribution in [0.15, 0.2) is 78.9 Å². The molecule has 1 amide bonds. The maximum absolute atomic E-state index is 13.1. The summed E-state index contributed by atoms with van der Waals surface area (Å²) in [4.78, 5) is 21.5. The Balaban J connectivity index is 1.40. The molecule has 172 valence electrons. The molecule has 34 heavy (non-hydrogen) atoms. The Labute approximate surface area is 197 Å². The minimum absolute atomic E-state index is 0.271. The van der Waals surface area contributed by atoms with E-state index in [0.29, 0.717) is 34.4 Å². The molecular weight excluding hydrogens is 433 g/mol. The Morgan fingerprint density at radius 3 is 2.32 bits per heavy atom. The molecule has 0 aliphatic carbocycles. The molecule has 3 aromatic carbocycles. The summed E-state index contributed by atoms with van der Waals surface area (Å²) < 4.78 is 18.8. The van der Waals surface area contributed by atoms with Gasteiger partial charge < -0.3 is 20.7 Å². The number of rotatable bonds is 8. The van der Waals surface area contributed by atoms with Crippen molar-refractivity contribution >= 4 is 28.9 Å². The van der Waals surface area contributed by atoms with Crippen LogP contribution in [0.1, 0.15) is 23.1 Å². The van der Waals surface area contributed by atoms with Crippen LogP contribution in [0.3, 0.4) is 0 Å². The molecule has 0 spiro atoms. The lowest BCUT2D eigenvalue weighted by molar-refractivity contribution is 0.102. The van der Waals surface area contributed by atoms with Gasteiger partial charge >= 0.3 is 0 Å². The second-order valence-electron chi connectivity index (χ2n) is 7.46. The molecule has 0 aliphatic rings. The second-order valence-corrected chi connectivity index (χ2v) is 7.46. The molecule has 8 heteroatoms. The SMILES string of the molecule is CCNc1cc(Nc2ccc(NC(=O)c3cccc(Oc4ccc(F)cc4)c3)cc2)nc(C)n1. The molecule has 0 saturated carbocycles. The highest BCUT2D eigenvalue weighted by atomic mass is 19.1. The molecule has 1 heterocycles. The van der Waals surface area contributed by atoms with E-state index in [4.69, 9.17) is 4.74 Å². The van der Waals surface area contributed by atoms with Gasteiger partial charge in [-0.05, 0) is 80.6 Å². The summed E-state index contributed by atoms with van der Waals surface area (Å²) in [5.41, 5.74) is 1.91. The smallest absolute Gasteiger partial charge is 0.255 e. The van der Waals surface area contributed by atoms with Crippen molar-refractivity contribution in [1.29, 1.82) is 0 Å². The number of nitrogens with zero attached hydrogens (tertiary/aromatic N) is 2. The quantitative estimate of drug-likeness (QED) is 0.294. The van der Waals surface area contributed by atoms with Crippen molar-refractivity contribution in [1.82, 2.24) is 9.97 Å². The van der Waals surface area contributed by atoms with E-state index in [1.165, 1.54) is 24.3 Å². The van der Waals surface area contributed by atoms with Gasteiger partial charge in [0.15, 0.2) is 0 Å². The average Bonchev–Trinajstić information content (AvgIpc) is 2.82. The number of nitrogens with one attached hydrogen (secondary N) is 3. The van der Waals surface area contributed by atoms with Gasteiger partial charge in [-0.3, -0.25) is 4.79 Å². The molecule has 0 saturated heterocycles. The summed E-state index contributed by atoms with van der Waals surface area (Å²) in [5.74, 6) is 2.45. The number of carbonyl (C=O) groups excluding carboxylic acids is 1. The van der Waals surface area contributed by atoms with Crippen LogP contribution in [0.25, 0.3) is 0 Å². The van der Waals surface area contributed by atoms with Crippen LogP contribution in [-0.2, 0) is 0 Å². The van der Waals surface area contributed by atoms with Crippen LogP contribution in [0.4, 0.5) is 27.4 Å². The van der Waals surface area contributed by atoms with Crippen molar-refractivity contribution in [2.75, 3.05) is 22.5 Å². The molecule has 7 nitrogen and oxygen atoms in total. The second kappa shape index (κ2) is 10.4. The van der Waals surface area contributed by atoms with E-state index in [2.05, 4.69) is 25.9 Å². The number of hydrogen-bond acceptors (Lipinski definition) is 6. The van der Waals surface area contributed by atoms with Gasteiger partial charge in [-0.15, -0.1) is 0 Å². The molecular formula is C26H24FN5O2. The highest BCUT2D eigenvalue weighted by Crippen LogP contribution is 2.24. The Morgan fingerprint density at radius 1 is 0.882 bits per heavy atom. The zero-order valence-electron chi connectivity index (χ0n) is 18.8. The summed E-state index contributed by atoms with van der Waals surface area (Å²) >= 11 is 0. The number of benzene rings is 3. The number of aryl methyl sites for hydroxylation is 1. The van der Waals surface area contributed by atoms with E-state index in [-0.39, 0.29) is 11.7 Å². The number of aromatic nitrogens is 2. The number of amides is 1. The first-order chi connectivity index (χ1) is 16.5. The molecule has 0 unspecified atom stereocenters. The minimum atomic E-state index is -0.341. The van der Waals surface area contributed by atoms with Gasteiger partial charge in [0, 0.05) is 29.5 Å². The van der Waals surface area contributed by atoms with Crippen molar-refractivity contribution in [2.45, 2.75) is 13.8 Å². The van der Waals surface area contributed by atoms with Crippen molar-refractivity contribution in [3.8, 4) is 11.5 Å². The first-order valence-electron chi connectivity index (χ1n) is 10.8. The number of carbonyl (C=O) groups is 1. The van der Waals surface area contributed by atoms with Crippen LogP contribution >= 0.6 is 0 Å². The Morgan fingerprint density at radius 2 is 1.59 bits per heavy atom. The summed E-state index contributed by atoms with van der Waals surface area (Å²) in [6.07, 6.45) is 0. The predicted molar refractivity (Wildman–Crippen MR) is 132 cm³/mol. The van der Waals surface area contributed by atoms with Crippen LogP contribution in [0, 0.1) is 12.7 Å². The number of ether oxygens (including phenoxy) is 1. The molecule has 0 radical (unpaired) electrons. The Bertz CT molecular complexity index is 1280. The first kappa shape index (κ1) is 22.7. The summed E-state index contributed by atoms with van der Waals surface area (Å²) in [6.45, 7) is 4.61. The van der Waals surface area contributed by atoms with E-state index >= 15 is 0 Å². The zero-order valence-corrected chi connectivity index (χ0v) is 18.8. The summed E-state index contributed by atoms with van der Waals surface area (Å²) in [5, 5.41) is 9.30. The van der Waals surface area contributed by atoms with Gasteiger partial charge in [-0.25, -0.2) is 14.4 Å². The van der Waals surface area contributed by atoms with E-state index < -0.39 is 0 Å². The first-order valence-corrected chi connectivity index (χ1v) is 10.8. The highest BCUT2D eigenvalue weighted by molar-refractivity contribution is 6.04. The van der Waals surface area contributed by atoms with Crippen molar-refractivity contribution < 1.29 is 13.9 Å². The predicted octanol–water partition coefficient (Wildman–Crippen LogP) is 6.14.